The minimum atomic E-state index is -1.49. The predicted octanol–water partition coefficient (Wildman–Crippen LogP) is -2.61. The van der Waals surface area contributed by atoms with E-state index in [0.717, 1.165) is 0 Å². The van der Waals surface area contributed by atoms with Gasteiger partial charge in [0.25, 0.3) is 0 Å². The van der Waals surface area contributed by atoms with Crippen LogP contribution >= 0.6 is 11.8 Å². The van der Waals surface area contributed by atoms with Gasteiger partial charge in [-0.25, -0.2) is 4.79 Å². The minimum absolute atomic E-state index is 0.156. The number of rotatable bonds is 12. The third-order valence-corrected chi connectivity index (χ3v) is 4.41. The number of thioether (sulfide) groups is 1. The Labute approximate surface area is 167 Å². The molecule has 6 atom stereocenters. The Balaban J connectivity index is 5.24. The average Bonchev–Trinajstić information content (AvgIpc) is 2.59. The van der Waals surface area contributed by atoms with E-state index in [1.165, 1.54) is 32.5 Å². The van der Waals surface area contributed by atoms with E-state index >= 15 is 0 Å². The summed E-state index contributed by atoms with van der Waals surface area (Å²) in [6.07, 6.45) is -0.734. The van der Waals surface area contributed by atoms with Crippen molar-refractivity contribution in [2.45, 2.75) is 63.6 Å². The van der Waals surface area contributed by atoms with Crippen LogP contribution in [-0.4, -0.2) is 87.4 Å². The molecule has 3 amide bonds. The lowest BCUT2D eigenvalue weighted by Gasteiger charge is -2.27. The van der Waals surface area contributed by atoms with Crippen molar-refractivity contribution in [1.82, 2.24) is 16.0 Å². The molecule has 28 heavy (non-hydrogen) atoms. The van der Waals surface area contributed by atoms with Gasteiger partial charge in [-0.2, -0.15) is 11.8 Å². The number of carbonyl (C=O) groups is 4. The fourth-order valence-electron chi connectivity index (χ4n) is 2.09. The second-order valence-electron chi connectivity index (χ2n) is 6.42. The van der Waals surface area contributed by atoms with Gasteiger partial charge in [0.2, 0.25) is 17.7 Å². The molecule has 162 valence electrons. The molecular weight excluding hydrogens is 392 g/mol. The summed E-state index contributed by atoms with van der Waals surface area (Å²) in [4.78, 5) is 47.8. The van der Waals surface area contributed by atoms with E-state index in [0.29, 0.717) is 5.75 Å². The third kappa shape index (κ3) is 8.87. The van der Waals surface area contributed by atoms with Crippen molar-refractivity contribution in [3.63, 3.8) is 0 Å². The molecule has 0 aromatic carbocycles. The zero-order chi connectivity index (χ0) is 22.0. The molecule has 0 fully saturated rings. The minimum Gasteiger partial charge on any atom is -0.480 e. The lowest BCUT2D eigenvalue weighted by Crippen LogP contribution is -2.61. The maximum atomic E-state index is 12.4. The number of carboxylic acids is 1. The molecule has 0 rings (SSSR count). The summed E-state index contributed by atoms with van der Waals surface area (Å²) in [7, 11) is 0. The fourth-order valence-corrected chi connectivity index (χ4v) is 2.56. The van der Waals surface area contributed by atoms with Gasteiger partial charge in [0.15, 0.2) is 0 Å². The number of nitrogens with two attached hydrogens (primary N) is 1. The van der Waals surface area contributed by atoms with Gasteiger partial charge in [-0.15, -0.1) is 0 Å². The Morgan fingerprint density at radius 2 is 1.32 bits per heavy atom. The van der Waals surface area contributed by atoms with E-state index in [4.69, 9.17) is 5.73 Å². The summed E-state index contributed by atoms with van der Waals surface area (Å²) in [6, 6.07) is -5.03. The number of amides is 3. The predicted molar refractivity (Wildman–Crippen MR) is 103 cm³/mol. The molecule has 0 spiro atoms. The highest BCUT2D eigenvalue weighted by Gasteiger charge is 2.33. The highest BCUT2D eigenvalue weighted by atomic mass is 32.2. The second kappa shape index (κ2) is 12.5. The van der Waals surface area contributed by atoms with Crippen molar-refractivity contribution < 1.29 is 34.5 Å². The lowest BCUT2D eigenvalue weighted by atomic mass is 10.1. The van der Waals surface area contributed by atoms with E-state index in [1.54, 1.807) is 6.26 Å². The van der Waals surface area contributed by atoms with Crippen molar-refractivity contribution in [2.75, 3.05) is 12.0 Å². The first-order chi connectivity index (χ1) is 12.9. The van der Waals surface area contributed by atoms with Crippen LogP contribution in [0.3, 0.4) is 0 Å². The number of carbonyl (C=O) groups excluding carboxylic acids is 3. The number of aliphatic hydroxyl groups excluding tert-OH is 2. The molecule has 0 aromatic rings. The van der Waals surface area contributed by atoms with Gasteiger partial charge in [-0.05, 0) is 39.2 Å². The number of carboxylic acid groups (broad SMARTS) is 1. The molecule has 0 heterocycles. The zero-order valence-corrected chi connectivity index (χ0v) is 17.2. The molecule has 11 nitrogen and oxygen atoms in total. The highest BCUT2D eigenvalue weighted by Crippen LogP contribution is 2.04. The summed E-state index contributed by atoms with van der Waals surface area (Å²) < 4.78 is 0. The number of hydrogen-bond donors (Lipinski definition) is 7. The van der Waals surface area contributed by atoms with Crippen LogP contribution in [-0.2, 0) is 19.2 Å². The van der Waals surface area contributed by atoms with Crippen LogP contribution in [0.15, 0.2) is 0 Å². The summed E-state index contributed by atoms with van der Waals surface area (Å²) in [5.74, 6) is -3.29. The topological polar surface area (TPSA) is 191 Å². The molecule has 0 radical (unpaired) electrons. The van der Waals surface area contributed by atoms with Gasteiger partial charge < -0.3 is 37.0 Å². The Morgan fingerprint density at radius 3 is 1.68 bits per heavy atom. The molecule has 0 aliphatic rings. The van der Waals surface area contributed by atoms with Gasteiger partial charge in [0, 0.05) is 0 Å². The largest absolute Gasteiger partial charge is 0.480 e. The van der Waals surface area contributed by atoms with Gasteiger partial charge in [0.1, 0.15) is 18.1 Å². The van der Waals surface area contributed by atoms with Gasteiger partial charge in [-0.1, -0.05) is 0 Å². The van der Waals surface area contributed by atoms with Crippen molar-refractivity contribution >= 4 is 35.5 Å². The molecule has 0 saturated carbocycles. The summed E-state index contributed by atoms with van der Waals surface area (Å²) in [5, 5.41) is 35.6. The van der Waals surface area contributed by atoms with Crippen LogP contribution in [0.1, 0.15) is 27.2 Å². The maximum Gasteiger partial charge on any atom is 0.326 e. The Bertz CT molecular complexity index is 557. The SMILES string of the molecule is CSCCC(NC(=O)C(NC(=O)C(NC(=O)C(C)N)C(C)O)C(C)O)C(=O)O. The van der Waals surface area contributed by atoms with Crippen LogP contribution < -0.4 is 21.7 Å². The maximum absolute atomic E-state index is 12.4. The normalized spacial score (nSPS) is 17.4. The van der Waals surface area contributed by atoms with E-state index in [9.17, 15) is 34.5 Å². The second-order valence-corrected chi connectivity index (χ2v) is 7.41. The molecule has 0 saturated heterocycles. The standard InChI is InChI=1S/C16H30N4O7S/c1-7(17)13(23)19-12(9(3)22)15(25)20-11(8(2)21)14(24)18-10(16(26)27)5-6-28-4/h7-12,21-22H,5-6,17H2,1-4H3,(H,18,24)(H,19,23)(H,20,25)(H,26,27). The quantitative estimate of drug-likeness (QED) is 0.176. The number of aliphatic carboxylic acids is 1. The Morgan fingerprint density at radius 1 is 0.893 bits per heavy atom. The molecule has 0 aromatic heterocycles. The summed E-state index contributed by atoms with van der Waals surface area (Å²) in [5.41, 5.74) is 5.42. The van der Waals surface area contributed by atoms with Crippen molar-refractivity contribution in [2.24, 2.45) is 5.73 Å². The smallest absolute Gasteiger partial charge is 0.326 e. The Kier molecular flexibility index (Phi) is 11.7. The molecule has 8 N–H and O–H groups in total. The molecule has 0 bridgehead atoms. The summed E-state index contributed by atoms with van der Waals surface area (Å²) >= 11 is 1.40. The van der Waals surface area contributed by atoms with Crippen LogP contribution in [0.4, 0.5) is 0 Å². The number of aliphatic hydroxyl groups is 2. The molecule has 6 unspecified atom stereocenters. The molecule has 0 aliphatic carbocycles. The van der Waals surface area contributed by atoms with E-state index in [2.05, 4.69) is 16.0 Å². The highest BCUT2D eigenvalue weighted by molar-refractivity contribution is 7.98. The van der Waals surface area contributed by atoms with Crippen LogP contribution in [0.2, 0.25) is 0 Å². The molecule has 0 aliphatic heterocycles. The Hall–Kier alpha value is -1.89. The number of hydrogen-bond acceptors (Lipinski definition) is 8. The van der Waals surface area contributed by atoms with Gasteiger partial charge in [-0.3, -0.25) is 14.4 Å². The van der Waals surface area contributed by atoms with Crippen LogP contribution in [0.5, 0.6) is 0 Å². The molecule has 12 heteroatoms. The first kappa shape index (κ1) is 26.1. The first-order valence-electron chi connectivity index (χ1n) is 8.66. The monoisotopic (exact) mass is 422 g/mol. The summed E-state index contributed by atoms with van der Waals surface area (Å²) in [6.45, 7) is 3.88. The van der Waals surface area contributed by atoms with E-state index in [-0.39, 0.29) is 6.42 Å². The zero-order valence-electron chi connectivity index (χ0n) is 16.3. The van der Waals surface area contributed by atoms with Crippen LogP contribution in [0.25, 0.3) is 0 Å². The van der Waals surface area contributed by atoms with E-state index in [1.807, 2.05) is 0 Å². The van der Waals surface area contributed by atoms with Crippen molar-refractivity contribution in [3.8, 4) is 0 Å². The van der Waals surface area contributed by atoms with Gasteiger partial charge >= 0.3 is 5.97 Å². The first-order valence-corrected chi connectivity index (χ1v) is 10.1. The molecular formula is C16H30N4O7S. The van der Waals surface area contributed by atoms with Crippen molar-refractivity contribution in [3.05, 3.63) is 0 Å². The van der Waals surface area contributed by atoms with Crippen molar-refractivity contribution in [1.29, 1.82) is 0 Å². The fraction of sp³-hybridized carbons (Fsp3) is 0.750. The lowest BCUT2D eigenvalue weighted by molar-refractivity contribution is -0.143. The third-order valence-electron chi connectivity index (χ3n) is 3.76. The van der Waals surface area contributed by atoms with Gasteiger partial charge in [0.05, 0.1) is 18.2 Å². The number of nitrogens with one attached hydrogen (secondary N) is 3. The van der Waals surface area contributed by atoms with Crippen LogP contribution in [0, 0.1) is 0 Å². The average molecular weight is 423 g/mol. The van der Waals surface area contributed by atoms with E-state index < -0.39 is 60.1 Å².